The summed E-state index contributed by atoms with van der Waals surface area (Å²) in [6.07, 6.45) is 8.14. The molecule has 1 fully saturated rings. The summed E-state index contributed by atoms with van der Waals surface area (Å²) in [4.78, 5) is 2.56. The summed E-state index contributed by atoms with van der Waals surface area (Å²) >= 11 is 0. The zero-order chi connectivity index (χ0) is 16.1. The van der Waals surface area contributed by atoms with Crippen molar-refractivity contribution in [3.63, 3.8) is 0 Å². The largest absolute Gasteiger partial charge is 0.377 e. The van der Waals surface area contributed by atoms with Gasteiger partial charge in [0.1, 0.15) is 0 Å². The Morgan fingerprint density at radius 3 is 1.86 bits per heavy atom. The smallest absolute Gasteiger partial charge is 0.0676 e. The maximum Gasteiger partial charge on any atom is 0.0676 e. The van der Waals surface area contributed by atoms with E-state index in [9.17, 15) is 0 Å². The summed E-state index contributed by atoms with van der Waals surface area (Å²) in [6, 6.07) is 0. The van der Waals surface area contributed by atoms with Crippen molar-refractivity contribution in [1.29, 1.82) is 0 Å². The van der Waals surface area contributed by atoms with E-state index in [1.165, 1.54) is 38.5 Å². The molecule has 0 bridgehead atoms. The number of hydrogen-bond acceptors (Lipinski definition) is 2. The molecule has 1 aliphatic heterocycles. The van der Waals surface area contributed by atoms with Crippen LogP contribution in [0.5, 0.6) is 0 Å². The van der Waals surface area contributed by atoms with Crippen LogP contribution in [0.15, 0.2) is 0 Å². The van der Waals surface area contributed by atoms with Gasteiger partial charge in [0.15, 0.2) is 0 Å². The number of nitrogens with zero attached hydrogens (tertiary/aromatic N) is 1. The summed E-state index contributed by atoms with van der Waals surface area (Å²) in [7, 11) is 2.29. The summed E-state index contributed by atoms with van der Waals surface area (Å²) in [5.41, 5.74) is 1.19. The first-order chi connectivity index (χ1) is 9.54. The van der Waals surface area contributed by atoms with Crippen molar-refractivity contribution in [3.05, 3.63) is 0 Å². The minimum absolute atomic E-state index is 0.331. The number of likely N-dealkylation sites (N-methyl/N-ethyl adjacent to an activating group) is 1. The molecule has 2 nitrogen and oxygen atoms in total. The SMILES string of the molecule is CN(CC(C)(C)C)C1(CCCCCCC(C)(C)C)COC1. The van der Waals surface area contributed by atoms with Crippen LogP contribution in [0, 0.1) is 10.8 Å². The molecule has 0 aliphatic carbocycles. The van der Waals surface area contributed by atoms with Gasteiger partial charge in [-0.2, -0.15) is 0 Å². The molecule has 0 spiro atoms. The van der Waals surface area contributed by atoms with Gasteiger partial charge in [-0.3, -0.25) is 4.90 Å². The van der Waals surface area contributed by atoms with Crippen molar-refractivity contribution in [3.8, 4) is 0 Å². The lowest BCUT2D eigenvalue weighted by Crippen LogP contribution is -2.62. The Labute approximate surface area is 133 Å². The Morgan fingerprint density at radius 1 is 0.857 bits per heavy atom. The summed E-state index contributed by atoms with van der Waals surface area (Å²) in [6.45, 7) is 17.0. The predicted octanol–water partition coefficient (Wildman–Crippen LogP) is 5.12. The summed E-state index contributed by atoms with van der Waals surface area (Å²) in [5, 5.41) is 0. The van der Waals surface area contributed by atoms with E-state index in [0.717, 1.165) is 19.8 Å². The van der Waals surface area contributed by atoms with Crippen LogP contribution >= 0.6 is 0 Å². The summed E-state index contributed by atoms with van der Waals surface area (Å²) < 4.78 is 5.56. The van der Waals surface area contributed by atoms with Gasteiger partial charge < -0.3 is 4.74 Å². The lowest BCUT2D eigenvalue weighted by atomic mass is 9.85. The third-order valence-electron chi connectivity index (χ3n) is 4.58. The second-order valence-corrected chi connectivity index (χ2v) is 9.61. The van der Waals surface area contributed by atoms with Gasteiger partial charge in [0.25, 0.3) is 0 Å². The van der Waals surface area contributed by atoms with Gasteiger partial charge in [0.05, 0.1) is 18.8 Å². The first-order valence-corrected chi connectivity index (χ1v) is 8.83. The highest BCUT2D eigenvalue weighted by Crippen LogP contribution is 2.32. The second-order valence-electron chi connectivity index (χ2n) is 9.61. The minimum Gasteiger partial charge on any atom is -0.377 e. The molecular weight excluding hydrogens is 258 g/mol. The monoisotopic (exact) mass is 297 g/mol. The van der Waals surface area contributed by atoms with Crippen LogP contribution in [0.3, 0.4) is 0 Å². The third-order valence-corrected chi connectivity index (χ3v) is 4.58. The van der Waals surface area contributed by atoms with Crippen LogP contribution in [0.25, 0.3) is 0 Å². The van der Waals surface area contributed by atoms with Gasteiger partial charge in [-0.1, -0.05) is 67.2 Å². The Hall–Kier alpha value is -0.0800. The van der Waals surface area contributed by atoms with Crippen molar-refractivity contribution >= 4 is 0 Å². The maximum atomic E-state index is 5.56. The van der Waals surface area contributed by atoms with Crippen molar-refractivity contribution < 1.29 is 4.74 Å². The first kappa shape index (κ1) is 19.0. The first-order valence-electron chi connectivity index (χ1n) is 8.83. The topological polar surface area (TPSA) is 12.5 Å². The van der Waals surface area contributed by atoms with Crippen LogP contribution in [-0.2, 0) is 4.74 Å². The van der Waals surface area contributed by atoms with E-state index in [-0.39, 0.29) is 0 Å². The quantitative estimate of drug-likeness (QED) is 0.577. The van der Waals surface area contributed by atoms with Gasteiger partial charge in [0.2, 0.25) is 0 Å². The molecule has 1 aliphatic rings. The van der Waals surface area contributed by atoms with Crippen LogP contribution in [0.2, 0.25) is 0 Å². The van der Waals surface area contributed by atoms with E-state index < -0.39 is 0 Å². The Bertz CT molecular complexity index is 294. The van der Waals surface area contributed by atoms with Gasteiger partial charge in [0, 0.05) is 6.54 Å². The molecule has 0 amide bonds. The molecule has 1 rings (SSSR count). The molecule has 0 radical (unpaired) electrons. The fourth-order valence-electron chi connectivity index (χ4n) is 3.24. The highest BCUT2D eigenvalue weighted by atomic mass is 16.5. The molecule has 0 aromatic rings. The van der Waals surface area contributed by atoms with Crippen LogP contribution in [0.4, 0.5) is 0 Å². The average molecular weight is 298 g/mol. The summed E-state index contributed by atoms with van der Waals surface area (Å²) in [5.74, 6) is 0. The second kappa shape index (κ2) is 7.46. The van der Waals surface area contributed by atoms with Crippen LogP contribution < -0.4 is 0 Å². The molecular formula is C19H39NO. The normalized spacial score (nSPS) is 18.9. The number of hydrogen-bond donors (Lipinski definition) is 0. The molecule has 21 heavy (non-hydrogen) atoms. The van der Waals surface area contributed by atoms with E-state index in [1.807, 2.05) is 0 Å². The highest BCUT2D eigenvalue weighted by Gasteiger charge is 2.42. The molecule has 0 N–H and O–H groups in total. The zero-order valence-corrected chi connectivity index (χ0v) is 15.7. The molecule has 1 saturated heterocycles. The van der Waals surface area contributed by atoms with E-state index >= 15 is 0 Å². The third kappa shape index (κ3) is 7.15. The number of rotatable bonds is 8. The van der Waals surface area contributed by atoms with Crippen molar-refractivity contribution in [1.82, 2.24) is 4.90 Å². The minimum atomic E-state index is 0.331. The molecule has 0 unspecified atom stereocenters. The Balaban J connectivity index is 2.25. The molecule has 2 heteroatoms. The Morgan fingerprint density at radius 2 is 1.43 bits per heavy atom. The fraction of sp³-hybridized carbons (Fsp3) is 1.00. The lowest BCUT2D eigenvalue weighted by Gasteiger charge is -2.50. The average Bonchev–Trinajstić information content (AvgIpc) is 2.21. The van der Waals surface area contributed by atoms with Gasteiger partial charge in [-0.05, 0) is 30.7 Å². The maximum absolute atomic E-state index is 5.56. The van der Waals surface area contributed by atoms with Crippen molar-refractivity contribution in [2.75, 3.05) is 26.8 Å². The molecule has 126 valence electrons. The van der Waals surface area contributed by atoms with E-state index in [2.05, 4.69) is 53.5 Å². The van der Waals surface area contributed by atoms with Crippen LogP contribution in [-0.4, -0.2) is 37.2 Å². The fourth-order valence-corrected chi connectivity index (χ4v) is 3.24. The molecule has 0 atom stereocenters. The van der Waals surface area contributed by atoms with Crippen molar-refractivity contribution in [2.45, 2.75) is 85.6 Å². The van der Waals surface area contributed by atoms with Gasteiger partial charge in [-0.25, -0.2) is 0 Å². The Kier molecular flexibility index (Phi) is 6.74. The van der Waals surface area contributed by atoms with E-state index in [1.54, 1.807) is 0 Å². The lowest BCUT2D eigenvalue weighted by molar-refractivity contribution is -0.143. The van der Waals surface area contributed by atoms with Crippen molar-refractivity contribution in [2.24, 2.45) is 10.8 Å². The van der Waals surface area contributed by atoms with E-state index in [4.69, 9.17) is 4.74 Å². The van der Waals surface area contributed by atoms with Gasteiger partial charge >= 0.3 is 0 Å². The molecule has 0 saturated carbocycles. The zero-order valence-electron chi connectivity index (χ0n) is 15.7. The number of unbranched alkanes of at least 4 members (excludes halogenated alkanes) is 3. The highest BCUT2D eigenvalue weighted by molar-refractivity contribution is 4.96. The molecule has 1 heterocycles. The molecule has 0 aromatic carbocycles. The molecule has 0 aromatic heterocycles. The van der Waals surface area contributed by atoms with Crippen LogP contribution in [0.1, 0.15) is 80.1 Å². The number of ether oxygens (including phenoxy) is 1. The predicted molar refractivity (Wildman–Crippen MR) is 92.8 cm³/mol. The standard InChI is InChI=1S/C19H39NO/c1-17(2,3)12-10-8-9-11-13-19(15-21-16-19)20(7)14-18(4,5)6/h8-16H2,1-7H3. The van der Waals surface area contributed by atoms with Gasteiger partial charge in [-0.15, -0.1) is 0 Å². The van der Waals surface area contributed by atoms with E-state index in [0.29, 0.717) is 16.4 Å².